The van der Waals surface area contributed by atoms with Gasteiger partial charge in [0.1, 0.15) is 0 Å². The van der Waals surface area contributed by atoms with Gasteiger partial charge in [0.15, 0.2) is 11.5 Å². The summed E-state index contributed by atoms with van der Waals surface area (Å²) in [5.74, 6) is -1.28. The second kappa shape index (κ2) is 7.44. The topological polar surface area (TPSA) is 99.7 Å². The monoisotopic (exact) mass is 410 g/mol. The number of aromatic nitrogens is 2. The van der Waals surface area contributed by atoms with Crippen molar-refractivity contribution in [2.45, 2.75) is 26.2 Å². The minimum atomic E-state index is -0.527. The van der Waals surface area contributed by atoms with Crippen LogP contribution in [-0.4, -0.2) is 38.3 Å². The molecule has 8 nitrogen and oxygen atoms in total. The third kappa shape index (κ3) is 3.18. The first-order valence-corrected chi connectivity index (χ1v) is 10.1. The number of amides is 1. The SMILES string of the molecule is Cc1ccc(C(=O)Nc2cc3c(cc2N2CCCCC2)n(C)c(=O)n3C)c(O)c1O. The average molecular weight is 410 g/mol. The lowest BCUT2D eigenvalue weighted by atomic mass is 10.1. The average Bonchev–Trinajstić information content (AvgIpc) is 2.95. The molecule has 30 heavy (non-hydrogen) atoms. The summed E-state index contributed by atoms with van der Waals surface area (Å²) in [5, 5.41) is 23.1. The van der Waals surface area contributed by atoms with Crippen molar-refractivity contribution in [1.29, 1.82) is 0 Å². The zero-order valence-corrected chi connectivity index (χ0v) is 17.4. The van der Waals surface area contributed by atoms with E-state index in [0.29, 0.717) is 16.8 Å². The van der Waals surface area contributed by atoms with Crippen LogP contribution in [0.2, 0.25) is 0 Å². The van der Waals surface area contributed by atoms with Crippen molar-refractivity contribution in [3.05, 3.63) is 45.9 Å². The van der Waals surface area contributed by atoms with Gasteiger partial charge in [-0.05, 0) is 49.9 Å². The van der Waals surface area contributed by atoms with Gasteiger partial charge in [0.25, 0.3) is 5.91 Å². The summed E-state index contributed by atoms with van der Waals surface area (Å²) < 4.78 is 3.14. The summed E-state index contributed by atoms with van der Waals surface area (Å²) in [4.78, 5) is 27.6. The predicted molar refractivity (Wildman–Crippen MR) is 117 cm³/mol. The maximum Gasteiger partial charge on any atom is 0.328 e. The number of rotatable bonds is 3. The molecule has 3 aromatic rings. The molecule has 158 valence electrons. The molecule has 0 saturated carbocycles. The highest BCUT2D eigenvalue weighted by atomic mass is 16.3. The number of aromatic hydroxyl groups is 2. The Labute approximate surface area is 174 Å². The van der Waals surface area contributed by atoms with E-state index < -0.39 is 11.7 Å². The molecular formula is C22H26N4O4. The highest BCUT2D eigenvalue weighted by molar-refractivity contribution is 6.09. The van der Waals surface area contributed by atoms with Crippen LogP contribution in [0.15, 0.2) is 29.1 Å². The molecule has 3 N–H and O–H groups in total. The smallest absolute Gasteiger partial charge is 0.328 e. The minimum Gasteiger partial charge on any atom is -0.504 e. The molecule has 1 aliphatic rings. The first-order valence-electron chi connectivity index (χ1n) is 10.1. The van der Waals surface area contributed by atoms with Crippen LogP contribution in [0, 0.1) is 6.92 Å². The number of benzene rings is 2. The lowest BCUT2D eigenvalue weighted by Gasteiger charge is -2.30. The number of carbonyl (C=O) groups is 1. The number of fused-ring (bicyclic) bond motifs is 1. The van der Waals surface area contributed by atoms with E-state index in [9.17, 15) is 19.8 Å². The molecule has 0 bridgehead atoms. The van der Waals surface area contributed by atoms with Crippen molar-refractivity contribution in [2.75, 3.05) is 23.3 Å². The molecule has 2 aromatic carbocycles. The lowest BCUT2D eigenvalue weighted by Crippen LogP contribution is -2.30. The van der Waals surface area contributed by atoms with Gasteiger partial charge < -0.3 is 20.4 Å². The van der Waals surface area contributed by atoms with E-state index in [1.54, 1.807) is 42.3 Å². The number of imidazole rings is 1. The van der Waals surface area contributed by atoms with E-state index in [0.717, 1.165) is 37.1 Å². The lowest BCUT2D eigenvalue weighted by molar-refractivity contribution is 0.102. The van der Waals surface area contributed by atoms with Crippen LogP contribution in [0.25, 0.3) is 11.0 Å². The van der Waals surface area contributed by atoms with Gasteiger partial charge >= 0.3 is 5.69 Å². The van der Waals surface area contributed by atoms with Crippen molar-refractivity contribution in [3.8, 4) is 11.5 Å². The summed E-state index contributed by atoms with van der Waals surface area (Å²) in [7, 11) is 3.43. The summed E-state index contributed by atoms with van der Waals surface area (Å²) in [6.45, 7) is 3.38. The molecule has 8 heteroatoms. The van der Waals surface area contributed by atoms with Gasteiger partial charge in [-0.15, -0.1) is 0 Å². The quantitative estimate of drug-likeness (QED) is 0.577. The van der Waals surface area contributed by atoms with Gasteiger partial charge in [-0.3, -0.25) is 13.9 Å². The number of anilines is 2. The van der Waals surface area contributed by atoms with Crippen molar-refractivity contribution in [2.24, 2.45) is 14.1 Å². The van der Waals surface area contributed by atoms with E-state index in [4.69, 9.17) is 0 Å². The van der Waals surface area contributed by atoms with Gasteiger partial charge in [0, 0.05) is 27.2 Å². The maximum atomic E-state index is 13.0. The number of nitrogens with zero attached hydrogens (tertiary/aromatic N) is 3. The molecule has 0 aliphatic carbocycles. The van der Waals surface area contributed by atoms with Gasteiger partial charge in [0.2, 0.25) is 0 Å². The van der Waals surface area contributed by atoms with Crippen LogP contribution in [0.1, 0.15) is 35.2 Å². The first-order chi connectivity index (χ1) is 14.3. The molecule has 2 heterocycles. The molecule has 0 atom stereocenters. The zero-order valence-electron chi connectivity index (χ0n) is 17.4. The van der Waals surface area contributed by atoms with Gasteiger partial charge in [-0.1, -0.05) is 6.07 Å². The van der Waals surface area contributed by atoms with Crippen LogP contribution in [0.4, 0.5) is 11.4 Å². The Hall–Kier alpha value is -3.42. The van der Waals surface area contributed by atoms with Crippen LogP contribution in [0.3, 0.4) is 0 Å². The summed E-state index contributed by atoms with van der Waals surface area (Å²) in [5.41, 5.74) is 3.23. The third-order valence-electron chi connectivity index (χ3n) is 5.93. The van der Waals surface area contributed by atoms with Crippen molar-refractivity contribution in [1.82, 2.24) is 9.13 Å². The number of aryl methyl sites for hydroxylation is 3. The largest absolute Gasteiger partial charge is 0.504 e. The molecule has 1 fully saturated rings. The Morgan fingerprint density at radius 3 is 2.27 bits per heavy atom. The summed E-state index contributed by atoms with van der Waals surface area (Å²) in [6, 6.07) is 6.80. The van der Waals surface area contributed by atoms with E-state index in [2.05, 4.69) is 10.2 Å². The Balaban J connectivity index is 1.82. The molecule has 1 aromatic heterocycles. The van der Waals surface area contributed by atoms with Crippen LogP contribution in [-0.2, 0) is 14.1 Å². The molecule has 1 saturated heterocycles. The van der Waals surface area contributed by atoms with E-state index in [-0.39, 0.29) is 17.0 Å². The standard InChI is InChI=1S/C22H26N4O4/c1-13-7-8-14(20(28)19(13)27)21(29)23-15-11-17-18(25(3)22(30)24(17)2)12-16(15)26-9-5-4-6-10-26/h7-8,11-12,27-28H,4-6,9-10H2,1-3H3,(H,23,29). The first kappa shape index (κ1) is 19.9. The second-order valence-corrected chi connectivity index (χ2v) is 7.89. The van der Waals surface area contributed by atoms with E-state index >= 15 is 0 Å². The number of hydrogen-bond donors (Lipinski definition) is 3. The Morgan fingerprint density at radius 1 is 0.967 bits per heavy atom. The van der Waals surface area contributed by atoms with Gasteiger partial charge in [-0.25, -0.2) is 4.79 Å². The van der Waals surface area contributed by atoms with Crippen LogP contribution in [0.5, 0.6) is 11.5 Å². The fraction of sp³-hybridized carbons (Fsp3) is 0.364. The fourth-order valence-electron chi connectivity index (χ4n) is 4.08. The Kier molecular flexibility index (Phi) is 4.93. The number of hydrogen-bond acceptors (Lipinski definition) is 5. The Bertz CT molecular complexity index is 1200. The number of piperidine rings is 1. The zero-order chi connectivity index (χ0) is 21.6. The van der Waals surface area contributed by atoms with E-state index in [1.807, 2.05) is 6.07 Å². The molecule has 4 rings (SSSR count). The molecule has 1 aliphatic heterocycles. The fourth-order valence-corrected chi connectivity index (χ4v) is 4.08. The predicted octanol–water partition coefficient (Wildman–Crippen LogP) is 2.84. The highest BCUT2D eigenvalue weighted by Gasteiger charge is 2.22. The van der Waals surface area contributed by atoms with Crippen molar-refractivity contribution >= 4 is 28.3 Å². The molecule has 0 spiro atoms. The highest BCUT2D eigenvalue weighted by Crippen LogP contribution is 2.35. The van der Waals surface area contributed by atoms with Gasteiger partial charge in [0.05, 0.1) is 28.0 Å². The molecule has 0 radical (unpaired) electrons. The van der Waals surface area contributed by atoms with Crippen molar-refractivity contribution in [3.63, 3.8) is 0 Å². The molecule has 1 amide bonds. The number of phenols is 2. The van der Waals surface area contributed by atoms with Gasteiger partial charge in [-0.2, -0.15) is 0 Å². The number of carbonyl (C=O) groups excluding carboxylic acids is 1. The van der Waals surface area contributed by atoms with Crippen LogP contribution < -0.4 is 15.9 Å². The third-order valence-corrected chi connectivity index (χ3v) is 5.93. The van der Waals surface area contributed by atoms with Crippen molar-refractivity contribution < 1.29 is 15.0 Å². The maximum absolute atomic E-state index is 13.0. The second-order valence-electron chi connectivity index (χ2n) is 7.89. The van der Waals surface area contributed by atoms with E-state index in [1.165, 1.54) is 12.5 Å². The molecular weight excluding hydrogens is 384 g/mol. The minimum absolute atomic E-state index is 0.00950. The summed E-state index contributed by atoms with van der Waals surface area (Å²) in [6.07, 6.45) is 3.29. The normalized spacial score (nSPS) is 14.3. The van der Waals surface area contributed by atoms with Crippen LogP contribution >= 0.6 is 0 Å². The Morgan fingerprint density at radius 2 is 1.60 bits per heavy atom. The molecule has 0 unspecified atom stereocenters. The number of phenolic OH excluding ortho intramolecular Hbond substituents is 2. The number of nitrogens with one attached hydrogen (secondary N) is 1. The summed E-state index contributed by atoms with van der Waals surface area (Å²) >= 11 is 0.